The number of aliphatic hydroxyl groups is 2. The number of aromatic amines is 1. The SMILES string of the molecule is C#C[C@H](NP(=O)(N[C@@H](C)C(=O)OC(C)C)OC[C@]1(F)C[C@@](C)(O)[C@H](n2ccc(=O)[nH]c2=O)O1)C(O)OC(C)C. The lowest BCUT2D eigenvalue weighted by Crippen LogP contribution is -2.46. The molecule has 16 heteroatoms. The second-order valence-electron chi connectivity index (χ2n) is 9.91. The highest BCUT2D eigenvalue weighted by Gasteiger charge is 2.56. The summed E-state index contributed by atoms with van der Waals surface area (Å²) in [6.07, 6.45) is 1.54. The van der Waals surface area contributed by atoms with Crippen molar-refractivity contribution >= 4 is 13.6 Å². The third-order valence-electron chi connectivity index (χ3n) is 5.30. The summed E-state index contributed by atoms with van der Waals surface area (Å²) >= 11 is 0. The van der Waals surface area contributed by atoms with E-state index in [0.717, 1.165) is 16.8 Å². The maximum atomic E-state index is 15.8. The molecular weight excluding hydrogens is 542 g/mol. The fraction of sp³-hybridized carbons (Fsp3) is 0.696. The van der Waals surface area contributed by atoms with Crippen molar-refractivity contribution in [2.45, 2.75) is 96.2 Å². The van der Waals surface area contributed by atoms with E-state index in [1.54, 1.807) is 27.7 Å². The lowest BCUT2D eigenvalue weighted by molar-refractivity contribution is -0.182. The number of ether oxygens (including phenoxy) is 3. The van der Waals surface area contributed by atoms with Crippen LogP contribution in [0, 0.1) is 12.3 Å². The molecule has 7 atom stereocenters. The van der Waals surface area contributed by atoms with E-state index in [-0.39, 0.29) is 0 Å². The van der Waals surface area contributed by atoms with Crippen molar-refractivity contribution in [3.05, 3.63) is 33.1 Å². The number of alkyl halides is 1. The molecule has 1 aromatic rings. The van der Waals surface area contributed by atoms with Crippen LogP contribution in [0.5, 0.6) is 0 Å². The first kappa shape index (κ1) is 32.8. The number of hydrogen-bond acceptors (Lipinski definition) is 10. The normalized spacial score (nSPS) is 27.1. The van der Waals surface area contributed by atoms with Gasteiger partial charge in [-0.2, -0.15) is 0 Å². The minimum atomic E-state index is -4.49. The van der Waals surface area contributed by atoms with E-state index in [1.165, 1.54) is 13.8 Å². The second kappa shape index (κ2) is 12.8. The molecule has 2 rings (SSSR count). The Morgan fingerprint density at radius 3 is 2.51 bits per heavy atom. The van der Waals surface area contributed by atoms with Crippen LogP contribution in [-0.2, 0) is 28.1 Å². The number of aromatic nitrogens is 2. The summed E-state index contributed by atoms with van der Waals surface area (Å²) in [5, 5.41) is 25.9. The Bertz CT molecular complexity index is 1210. The third-order valence-corrected chi connectivity index (χ3v) is 7.13. The van der Waals surface area contributed by atoms with E-state index in [2.05, 4.69) is 16.1 Å². The largest absolute Gasteiger partial charge is 0.462 e. The summed E-state index contributed by atoms with van der Waals surface area (Å²) in [7, 11) is -4.49. The van der Waals surface area contributed by atoms with Crippen molar-refractivity contribution in [1.29, 1.82) is 0 Å². The molecule has 1 fully saturated rings. The molecule has 1 aromatic heterocycles. The molecule has 2 heterocycles. The molecule has 0 amide bonds. The first-order valence-electron chi connectivity index (χ1n) is 12.1. The number of halogens is 1. The van der Waals surface area contributed by atoms with Gasteiger partial charge in [0.1, 0.15) is 24.3 Å². The van der Waals surface area contributed by atoms with Crippen LogP contribution in [0.15, 0.2) is 21.9 Å². The molecule has 0 radical (unpaired) electrons. The lowest BCUT2D eigenvalue weighted by Gasteiger charge is -2.30. The van der Waals surface area contributed by atoms with Crippen LogP contribution >= 0.6 is 7.67 Å². The zero-order chi connectivity index (χ0) is 29.8. The van der Waals surface area contributed by atoms with Crippen LogP contribution in [0.3, 0.4) is 0 Å². The molecule has 1 saturated heterocycles. The van der Waals surface area contributed by atoms with Crippen LogP contribution in [0.25, 0.3) is 0 Å². The second-order valence-corrected chi connectivity index (χ2v) is 11.8. The Hall–Kier alpha value is -2.41. The van der Waals surface area contributed by atoms with Gasteiger partial charge in [0.15, 0.2) is 12.5 Å². The predicted octanol–water partition coefficient (Wildman–Crippen LogP) is 0.262. The van der Waals surface area contributed by atoms with E-state index >= 15 is 4.39 Å². The van der Waals surface area contributed by atoms with Crippen LogP contribution in [-0.4, -0.2) is 74.4 Å². The zero-order valence-corrected chi connectivity index (χ0v) is 23.4. The molecule has 1 aliphatic rings. The lowest BCUT2D eigenvalue weighted by atomic mass is 9.99. The van der Waals surface area contributed by atoms with Crippen molar-refractivity contribution in [2.75, 3.05) is 6.61 Å². The predicted molar refractivity (Wildman–Crippen MR) is 136 cm³/mol. The van der Waals surface area contributed by atoms with Gasteiger partial charge in [-0.1, -0.05) is 5.92 Å². The van der Waals surface area contributed by atoms with Crippen LogP contribution < -0.4 is 21.4 Å². The summed E-state index contributed by atoms with van der Waals surface area (Å²) in [6.45, 7) is 7.88. The molecule has 0 spiro atoms. The standard InChI is InChI=1S/C23H36FN4O10P/c1-8-16(19(31)37-14(4)5)27-39(34,26-15(6)18(30)36-13(2)3)35-12-23(24)11-22(7,33)20(38-23)28-10-9-17(29)25-21(28)32/h1,9-10,13-16,19-20,31,33H,11-12H2,2-7H3,(H,25,29,32)(H2,26,27,34)/t15-,16-,19?,20+,22+,23-,39?/m0/s1. The van der Waals surface area contributed by atoms with Gasteiger partial charge in [0.25, 0.3) is 5.56 Å². The minimum Gasteiger partial charge on any atom is -0.462 e. The Balaban J connectivity index is 2.31. The molecule has 0 saturated carbocycles. The molecule has 5 N–H and O–H groups in total. The number of nitrogens with one attached hydrogen (secondary N) is 3. The van der Waals surface area contributed by atoms with Gasteiger partial charge in [0.05, 0.1) is 12.2 Å². The van der Waals surface area contributed by atoms with Crippen molar-refractivity contribution in [1.82, 2.24) is 19.7 Å². The number of hydrogen-bond donors (Lipinski definition) is 5. The molecule has 220 valence electrons. The van der Waals surface area contributed by atoms with E-state index in [9.17, 15) is 29.2 Å². The smallest absolute Gasteiger partial charge is 0.342 e. The average molecular weight is 579 g/mol. The zero-order valence-electron chi connectivity index (χ0n) is 22.5. The Labute approximate surface area is 224 Å². The Morgan fingerprint density at radius 2 is 1.97 bits per heavy atom. The first-order valence-corrected chi connectivity index (χ1v) is 13.7. The van der Waals surface area contributed by atoms with Gasteiger partial charge in [-0.25, -0.2) is 19.4 Å². The quantitative estimate of drug-likeness (QED) is 0.0930. The first-order chi connectivity index (χ1) is 17.9. The van der Waals surface area contributed by atoms with E-state index < -0.39 is 86.2 Å². The number of aliphatic hydroxyl groups excluding tert-OH is 1. The number of H-pyrrole nitrogens is 1. The topological polar surface area (TPSA) is 190 Å². The van der Waals surface area contributed by atoms with Crippen molar-refractivity contribution in [3.8, 4) is 12.3 Å². The van der Waals surface area contributed by atoms with Crippen LogP contribution in [0.4, 0.5) is 4.39 Å². The van der Waals surface area contributed by atoms with E-state index in [4.69, 9.17) is 25.2 Å². The fourth-order valence-electron chi connectivity index (χ4n) is 3.71. The Kier molecular flexibility index (Phi) is 10.8. The van der Waals surface area contributed by atoms with E-state index in [1.807, 2.05) is 4.98 Å². The van der Waals surface area contributed by atoms with Crippen molar-refractivity contribution in [3.63, 3.8) is 0 Å². The number of esters is 1. The highest BCUT2D eigenvalue weighted by molar-refractivity contribution is 7.54. The molecule has 0 aromatic carbocycles. The maximum Gasteiger partial charge on any atom is 0.342 e. The molecule has 2 unspecified atom stereocenters. The average Bonchev–Trinajstić information content (AvgIpc) is 3.04. The third kappa shape index (κ3) is 9.06. The van der Waals surface area contributed by atoms with Crippen LogP contribution in [0.2, 0.25) is 0 Å². The summed E-state index contributed by atoms with van der Waals surface area (Å²) in [5.74, 6) is -1.45. The van der Waals surface area contributed by atoms with Gasteiger partial charge in [0.2, 0.25) is 5.85 Å². The van der Waals surface area contributed by atoms with Crippen LogP contribution in [0.1, 0.15) is 54.2 Å². The summed E-state index contributed by atoms with van der Waals surface area (Å²) in [5.41, 5.74) is -3.64. The monoisotopic (exact) mass is 578 g/mol. The Morgan fingerprint density at radius 1 is 1.33 bits per heavy atom. The molecule has 14 nitrogen and oxygen atoms in total. The van der Waals surface area contributed by atoms with Crippen molar-refractivity contribution < 1.29 is 42.7 Å². The van der Waals surface area contributed by atoms with E-state index in [0.29, 0.717) is 0 Å². The molecule has 0 bridgehead atoms. The van der Waals surface area contributed by atoms with Gasteiger partial charge in [-0.05, 0) is 41.5 Å². The molecule has 1 aliphatic heterocycles. The number of nitrogens with zero attached hydrogens (tertiary/aromatic N) is 1. The number of rotatable bonds is 13. The summed E-state index contributed by atoms with van der Waals surface area (Å²) in [4.78, 5) is 37.9. The van der Waals surface area contributed by atoms with Gasteiger partial charge < -0.3 is 28.9 Å². The number of carbonyl (C=O) groups is 1. The fourth-order valence-corrected chi connectivity index (χ4v) is 5.49. The minimum absolute atomic E-state index is 0.470. The molecule has 39 heavy (non-hydrogen) atoms. The highest BCUT2D eigenvalue weighted by atomic mass is 31.2. The summed E-state index contributed by atoms with van der Waals surface area (Å²) in [6, 6.07) is -1.70. The van der Waals surface area contributed by atoms with Gasteiger partial charge in [-0.3, -0.25) is 23.7 Å². The summed E-state index contributed by atoms with van der Waals surface area (Å²) < 4.78 is 51.4. The van der Waals surface area contributed by atoms with Crippen molar-refractivity contribution in [2.24, 2.45) is 0 Å². The maximum absolute atomic E-state index is 15.8. The van der Waals surface area contributed by atoms with Gasteiger partial charge >= 0.3 is 19.3 Å². The molecule has 0 aliphatic carbocycles. The van der Waals surface area contributed by atoms with Gasteiger partial charge in [-0.15, -0.1) is 6.42 Å². The highest BCUT2D eigenvalue weighted by Crippen LogP contribution is 2.48. The van der Waals surface area contributed by atoms with Gasteiger partial charge in [0, 0.05) is 18.7 Å². The number of terminal acetylenes is 1. The molecular formula is C23H36FN4O10P. The number of carbonyl (C=O) groups excluding carboxylic acids is 1.